The predicted octanol–water partition coefficient (Wildman–Crippen LogP) is 2.53. The van der Waals surface area contributed by atoms with Gasteiger partial charge >= 0.3 is 6.18 Å². The largest absolute Gasteiger partial charge is 0.418 e. The monoisotopic (exact) mass is 310 g/mol. The molecule has 0 radical (unpaired) electrons. The number of benzene rings is 1. The molecule has 112 valence electrons. The Kier molecular flexibility index (Phi) is 6.09. The van der Waals surface area contributed by atoms with Gasteiger partial charge in [0.15, 0.2) is 0 Å². The molecule has 1 aromatic carbocycles. The molecule has 0 fully saturated rings. The molecule has 0 atom stereocenters. The van der Waals surface area contributed by atoms with Crippen molar-refractivity contribution in [3.05, 3.63) is 28.8 Å². The lowest BCUT2D eigenvalue weighted by Crippen LogP contribution is -2.32. The highest BCUT2D eigenvalue weighted by Gasteiger charge is 2.33. The lowest BCUT2D eigenvalue weighted by Gasteiger charge is -2.14. The first-order valence-corrected chi connectivity index (χ1v) is 6.08. The number of rotatable bonds is 6. The van der Waals surface area contributed by atoms with Crippen molar-refractivity contribution in [2.75, 3.05) is 32.1 Å². The normalized spacial score (nSPS) is 11.2. The predicted molar refractivity (Wildman–Crippen MR) is 69.8 cm³/mol. The highest BCUT2D eigenvalue weighted by Crippen LogP contribution is 2.36. The van der Waals surface area contributed by atoms with Gasteiger partial charge in [-0.3, -0.25) is 4.79 Å². The third-order valence-electron chi connectivity index (χ3n) is 2.35. The van der Waals surface area contributed by atoms with Crippen molar-refractivity contribution >= 4 is 23.2 Å². The van der Waals surface area contributed by atoms with E-state index in [-0.39, 0.29) is 17.3 Å². The molecule has 0 spiro atoms. The second-order valence-electron chi connectivity index (χ2n) is 3.88. The first kappa shape index (κ1) is 16.6. The summed E-state index contributed by atoms with van der Waals surface area (Å²) in [5.74, 6) is -0.426. The van der Waals surface area contributed by atoms with Gasteiger partial charge in [-0.15, -0.1) is 0 Å². The van der Waals surface area contributed by atoms with E-state index in [0.717, 1.165) is 6.07 Å². The molecular weight excluding hydrogens is 297 g/mol. The van der Waals surface area contributed by atoms with Crippen LogP contribution in [0.2, 0.25) is 5.02 Å². The quantitative estimate of drug-likeness (QED) is 0.794. The Balaban J connectivity index is 2.66. The summed E-state index contributed by atoms with van der Waals surface area (Å²) < 4.78 is 43.1. The average Bonchev–Trinajstić information content (AvgIpc) is 2.36. The number of amides is 1. The minimum atomic E-state index is -4.54. The van der Waals surface area contributed by atoms with E-state index in [0.29, 0.717) is 13.2 Å². The number of carbonyl (C=O) groups is 1. The number of carbonyl (C=O) groups excluding carboxylic acids is 1. The van der Waals surface area contributed by atoms with Gasteiger partial charge in [-0.25, -0.2) is 0 Å². The van der Waals surface area contributed by atoms with Crippen molar-refractivity contribution in [1.29, 1.82) is 0 Å². The van der Waals surface area contributed by atoms with Crippen LogP contribution in [-0.4, -0.2) is 32.7 Å². The third-order valence-corrected chi connectivity index (χ3v) is 2.59. The van der Waals surface area contributed by atoms with Crippen molar-refractivity contribution in [2.45, 2.75) is 6.18 Å². The molecular formula is C12H14ClF3N2O2. The summed E-state index contributed by atoms with van der Waals surface area (Å²) in [4.78, 5) is 11.4. The van der Waals surface area contributed by atoms with Crippen LogP contribution in [0, 0.1) is 0 Å². The zero-order valence-corrected chi connectivity index (χ0v) is 11.4. The van der Waals surface area contributed by atoms with Crippen LogP contribution in [0.15, 0.2) is 18.2 Å². The fourth-order valence-corrected chi connectivity index (χ4v) is 1.61. The lowest BCUT2D eigenvalue weighted by atomic mass is 10.1. The molecule has 8 heteroatoms. The van der Waals surface area contributed by atoms with Crippen molar-refractivity contribution in [2.24, 2.45) is 0 Å². The molecule has 1 aromatic rings. The summed E-state index contributed by atoms with van der Waals surface area (Å²) >= 11 is 5.55. The van der Waals surface area contributed by atoms with Gasteiger partial charge in [-0.2, -0.15) is 13.2 Å². The second-order valence-corrected chi connectivity index (χ2v) is 4.32. The summed E-state index contributed by atoms with van der Waals surface area (Å²) in [6.07, 6.45) is -4.54. The molecule has 4 nitrogen and oxygen atoms in total. The number of ether oxygens (including phenoxy) is 1. The molecule has 0 heterocycles. The van der Waals surface area contributed by atoms with Gasteiger partial charge in [0, 0.05) is 24.4 Å². The van der Waals surface area contributed by atoms with E-state index in [1.165, 1.54) is 19.2 Å². The van der Waals surface area contributed by atoms with Crippen LogP contribution in [0.1, 0.15) is 5.56 Å². The standard InChI is InChI=1S/C12H14ClF3N2O2/c1-20-5-4-17-11(19)7-18-10-3-2-8(13)6-9(10)12(14,15)16/h2-3,6,18H,4-5,7H2,1H3,(H,17,19). The van der Waals surface area contributed by atoms with Crippen molar-refractivity contribution in [3.8, 4) is 0 Å². The SMILES string of the molecule is COCCNC(=O)CNc1ccc(Cl)cc1C(F)(F)F. The Labute approximate surface area is 119 Å². The Morgan fingerprint density at radius 1 is 1.40 bits per heavy atom. The summed E-state index contributed by atoms with van der Waals surface area (Å²) in [6, 6.07) is 3.32. The fourth-order valence-electron chi connectivity index (χ4n) is 1.44. The number of anilines is 1. The molecule has 0 aliphatic carbocycles. The van der Waals surface area contributed by atoms with Gasteiger partial charge in [0.1, 0.15) is 0 Å². The van der Waals surface area contributed by atoms with E-state index in [2.05, 4.69) is 10.6 Å². The summed E-state index contributed by atoms with van der Waals surface area (Å²) in [5.41, 5.74) is -1.10. The van der Waals surface area contributed by atoms with E-state index >= 15 is 0 Å². The van der Waals surface area contributed by atoms with Gasteiger partial charge in [0.25, 0.3) is 0 Å². The highest BCUT2D eigenvalue weighted by molar-refractivity contribution is 6.30. The third kappa shape index (κ3) is 5.26. The van der Waals surface area contributed by atoms with Crippen LogP contribution in [-0.2, 0) is 15.7 Å². The van der Waals surface area contributed by atoms with Crippen LogP contribution in [0.5, 0.6) is 0 Å². The summed E-state index contributed by atoms with van der Waals surface area (Å²) in [6.45, 7) is 0.360. The summed E-state index contributed by atoms with van der Waals surface area (Å²) in [7, 11) is 1.48. The Morgan fingerprint density at radius 3 is 2.70 bits per heavy atom. The minimum Gasteiger partial charge on any atom is -0.383 e. The number of hydrogen-bond acceptors (Lipinski definition) is 3. The first-order valence-electron chi connectivity index (χ1n) is 5.71. The zero-order chi connectivity index (χ0) is 15.2. The molecule has 2 N–H and O–H groups in total. The summed E-state index contributed by atoms with van der Waals surface area (Å²) in [5, 5.41) is 4.91. The van der Waals surface area contributed by atoms with Gasteiger partial charge < -0.3 is 15.4 Å². The van der Waals surface area contributed by atoms with E-state index in [1.54, 1.807) is 0 Å². The lowest BCUT2D eigenvalue weighted by molar-refractivity contribution is -0.137. The van der Waals surface area contributed by atoms with E-state index in [1.807, 2.05) is 0 Å². The van der Waals surface area contributed by atoms with Crippen LogP contribution in [0.4, 0.5) is 18.9 Å². The Hall–Kier alpha value is -1.47. The topological polar surface area (TPSA) is 50.4 Å². The Bertz CT molecular complexity index is 467. The van der Waals surface area contributed by atoms with E-state index in [9.17, 15) is 18.0 Å². The Morgan fingerprint density at radius 2 is 2.10 bits per heavy atom. The molecule has 0 aliphatic rings. The maximum absolute atomic E-state index is 12.8. The van der Waals surface area contributed by atoms with E-state index < -0.39 is 17.6 Å². The van der Waals surface area contributed by atoms with Crippen molar-refractivity contribution in [1.82, 2.24) is 5.32 Å². The molecule has 0 aromatic heterocycles. The van der Waals surface area contributed by atoms with Gasteiger partial charge in [0.2, 0.25) is 5.91 Å². The van der Waals surface area contributed by atoms with Gasteiger partial charge in [-0.1, -0.05) is 11.6 Å². The minimum absolute atomic E-state index is 0.0209. The molecule has 0 unspecified atom stereocenters. The molecule has 1 amide bonds. The van der Waals surface area contributed by atoms with Gasteiger partial charge in [0.05, 0.1) is 18.7 Å². The number of alkyl halides is 3. The molecule has 0 bridgehead atoms. The van der Waals surface area contributed by atoms with Crippen molar-refractivity contribution in [3.63, 3.8) is 0 Å². The fraction of sp³-hybridized carbons (Fsp3) is 0.417. The number of methoxy groups -OCH3 is 1. The van der Waals surface area contributed by atoms with E-state index in [4.69, 9.17) is 16.3 Å². The maximum atomic E-state index is 12.8. The van der Waals surface area contributed by atoms with Crippen LogP contribution in [0.25, 0.3) is 0 Å². The average molecular weight is 311 g/mol. The van der Waals surface area contributed by atoms with Crippen LogP contribution in [0.3, 0.4) is 0 Å². The second kappa shape index (κ2) is 7.35. The van der Waals surface area contributed by atoms with Gasteiger partial charge in [-0.05, 0) is 18.2 Å². The highest BCUT2D eigenvalue weighted by atomic mass is 35.5. The molecule has 20 heavy (non-hydrogen) atoms. The first-order chi connectivity index (χ1) is 9.34. The number of nitrogens with one attached hydrogen (secondary N) is 2. The number of halogens is 4. The maximum Gasteiger partial charge on any atom is 0.418 e. The molecule has 1 rings (SSSR count). The van der Waals surface area contributed by atoms with Crippen LogP contribution < -0.4 is 10.6 Å². The van der Waals surface area contributed by atoms with Crippen LogP contribution >= 0.6 is 11.6 Å². The molecule has 0 aliphatic heterocycles. The zero-order valence-electron chi connectivity index (χ0n) is 10.7. The number of hydrogen-bond donors (Lipinski definition) is 2. The van der Waals surface area contributed by atoms with Crippen molar-refractivity contribution < 1.29 is 22.7 Å². The molecule has 0 saturated heterocycles. The smallest absolute Gasteiger partial charge is 0.383 e. The molecule has 0 saturated carbocycles.